The van der Waals surface area contributed by atoms with Gasteiger partial charge >= 0.3 is 0 Å². The molecule has 126 valence electrons. The van der Waals surface area contributed by atoms with Gasteiger partial charge in [-0.3, -0.25) is 0 Å². The van der Waals surface area contributed by atoms with Gasteiger partial charge in [0.2, 0.25) is 0 Å². The number of benzene rings is 2. The largest absolute Gasteiger partial charge is 0.344 e. The van der Waals surface area contributed by atoms with Crippen LogP contribution in [0.2, 0.25) is 0 Å². The summed E-state index contributed by atoms with van der Waals surface area (Å²) in [5.41, 5.74) is 5.02. The minimum Gasteiger partial charge on any atom is -0.344 e. The van der Waals surface area contributed by atoms with Gasteiger partial charge in [-0.05, 0) is 72.7 Å². The second-order valence-electron chi connectivity index (χ2n) is 7.19. The van der Waals surface area contributed by atoms with Crippen LogP contribution in [0.5, 0.6) is 0 Å². The molecule has 0 heterocycles. The Hall–Kier alpha value is -0.880. The molecule has 0 saturated carbocycles. The summed E-state index contributed by atoms with van der Waals surface area (Å²) in [5, 5.41) is 2.60. The Kier molecular flexibility index (Phi) is 6.83. The van der Waals surface area contributed by atoms with Crippen molar-refractivity contribution in [2.24, 2.45) is 0 Å². The van der Waals surface area contributed by atoms with Crippen LogP contribution in [0.25, 0.3) is 0 Å². The lowest BCUT2D eigenvalue weighted by molar-refractivity contribution is 0.155. The van der Waals surface area contributed by atoms with Crippen molar-refractivity contribution in [1.29, 1.82) is 0 Å². The summed E-state index contributed by atoms with van der Waals surface area (Å²) in [6, 6.07) is 13.5. The lowest BCUT2D eigenvalue weighted by Crippen LogP contribution is -2.24. The highest BCUT2D eigenvalue weighted by Gasteiger charge is 2.23. The molecule has 0 unspecified atom stereocenters. The Labute approximate surface area is 148 Å². The summed E-state index contributed by atoms with van der Waals surface area (Å²) in [7, 11) is -0.804. The van der Waals surface area contributed by atoms with Crippen LogP contribution in [-0.2, 0) is 4.52 Å². The Morgan fingerprint density at radius 3 is 1.22 bits per heavy atom. The number of aryl methyl sites for hydroxylation is 4. The first-order chi connectivity index (χ1) is 10.1. The first-order valence-corrected chi connectivity index (χ1v) is 9.06. The summed E-state index contributed by atoms with van der Waals surface area (Å²) in [4.78, 5) is 0. The van der Waals surface area contributed by atoms with Gasteiger partial charge in [-0.2, -0.15) is 0 Å². The molecule has 0 radical (unpaired) electrons. The average Bonchev–Trinajstić information content (AvgIpc) is 2.32. The molecule has 0 spiro atoms. The average molecular weight is 351 g/mol. The minimum atomic E-state index is -0.804. The van der Waals surface area contributed by atoms with Crippen molar-refractivity contribution in [2.75, 3.05) is 0 Å². The molecule has 2 aromatic carbocycles. The molecule has 0 aromatic heterocycles. The van der Waals surface area contributed by atoms with Crippen LogP contribution >= 0.6 is 20.6 Å². The van der Waals surface area contributed by atoms with Gasteiger partial charge in [0.25, 0.3) is 0 Å². The van der Waals surface area contributed by atoms with E-state index in [0.29, 0.717) is 0 Å². The predicted molar refractivity (Wildman–Crippen MR) is 106 cm³/mol. The normalized spacial score (nSPS) is 11.5. The van der Waals surface area contributed by atoms with E-state index in [-0.39, 0.29) is 18.0 Å². The molecule has 0 saturated heterocycles. The third-order valence-electron chi connectivity index (χ3n) is 3.25. The molecule has 0 atom stereocenters. The first kappa shape index (κ1) is 20.2. The van der Waals surface area contributed by atoms with E-state index in [1.165, 1.54) is 32.9 Å². The molecule has 0 bridgehead atoms. The van der Waals surface area contributed by atoms with Gasteiger partial charge in [0.1, 0.15) is 0 Å². The third kappa shape index (κ3) is 5.92. The molecular weight excluding hydrogens is 323 g/mol. The molecule has 0 aliphatic rings. The quantitative estimate of drug-likeness (QED) is 0.664. The molecular formula is C20H28ClOP. The fourth-order valence-electron chi connectivity index (χ4n) is 2.66. The summed E-state index contributed by atoms with van der Waals surface area (Å²) in [5.74, 6) is 0. The molecule has 0 fully saturated rings. The summed E-state index contributed by atoms with van der Waals surface area (Å²) in [6.45, 7) is 15.0. The molecule has 2 rings (SSSR count). The fraction of sp³-hybridized carbons (Fsp3) is 0.400. The molecule has 0 amide bonds. The highest BCUT2D eigenvalue weighted by Crippen LogP contribution is 2.40. The van der Waals surface area contributed by atoms with Crippen molar-refractivity contribution < 1.29 is 4.52 Å². The van der Waals surface area contributed by atoms with Crippen molar-refractivity contribution in [1.82, 2.24) is 0 Å². The van der Waals surface area contributed by atoms with Gasteiger partial charge in [-0.1, -0.05) is 34.4 Å². The second kappa shape index (κ2) is 7.79. The third-order valence-corrected chi connectivity index (χ3v) is 5.43. The molecule has 0 N–H and O–H groups in total. The van der Waals surface area contributed by atoms with Crippen molar-refractivity contribution in [3.8, 4) is 0 Å². The summed E-state index contributed by atoms with van der Waals surface area (Å²) < 4.78 is 6.49. The topological polar surface area (TPSA) is 9.23 Å². The van der Waals surface area contributed by atoms with Crippen LogP contribution in [0.3, 0.4) is 0 Å². The van der Waals surface area contributed by atoms with Gasteiger partial charge in [0, 0.05) is 10.6 Å². The van der Waals surface area contributed by atoms with E-state index in [9.17, 15) is 0 Å². The monoisotopic (exact) mass is 350 g/mol. The van der Waals surface area contributed by atoms with E-state index in [4.69, 9.17) is 4.52 Å². The van der Waals surface area contributed by atoms with Crippen LogP contribution in [-0.4, -0.2) is 5.60 Å². The molecule has 1 nitrogen and oxygen atoms in total. The van der Waals surface area contributed by atoms with E-state index in [0.717, 1.165) is 0 Å². The van der Waals surface area contributed by atoms with Crippen molar-refractivity contribution in [3.05, 3.63) is 58.7 Å². The van der Waals surface area contributed by atoms with Gasteiger partial charge in [0.05, 0.1) is 13.7 Å². The Balaban J connectivity index is 0.00000264. The van der Waals surface area contributed by atoms with Crippen LogP contribution in [0.1, 0.15) is 43.0 Å². The first-order valence-electron chi connectivity index (χ1n) is 7.80. The molecule has 0 aliphatic carbocycles. The zero-order valence-electron chi connectivity index (χ0n) is 15.2. The van der Waals surface area contributed by atoms with Gasteiger partial charge < -0.3 is 4.52 Å². The summed E-state index contributed by atoms with van der Waals surface area (Å²) >= 11 is 0. The SMILES string of the molecule is Cc1cc(C)cc(P(OC(C)(C)C)c2cc(C)cc(C)c2)c1.Cl. The van der Waals surface area contributed by atoms with Crippen molar-refractivity contribution in [2.45, 2.75) is 54.1 Å². The molecule has 2 aromatic rings. The Morgan fingerprint density at radius 1 is 0.652 bits per heavy atom. The van der Waals surface area contributed by atoms with Crippen LogP contribution in [0.4, 0.5) is 0 Å². The second-order valence-corrected chi connectivity index (χ2v) is 8.99. The van der Waals surface area contributed by atoms with Crippen LogP contribution < -0.4 is 10.6 Å². The van der Waals surface area contributed by atoms with E-state index >= 15 is 0 Å². The molecule has 0 aliphatic heterocycles. The van der Waals surface area contributed by atoms with Crippen molar-refractivity contribution >= 4 is 31.2 Å². The lowest BCUT2D eigenvalue weighted by atomic mass is 10.2. The summed E-state index contributed by atoms with van der Waals surface area (Å²) in [6.07, 6.45) is 0. The highest BCUT2D eigenvalue weighted by molar-refractivity contribution is 7.68. The minimum absolute atomic E-state index is 0. The Morgan fingerprint density at radius 2 is 0.957 bits per heavy atom. The fourth-order valence-corrected chi connectivity index (χ4v) is 5.00. The van der Waals surface area contributed by atoms with Gasteiger partial charge in [0.15, 0.2) is 0 Å². The van der Waals surface area contributed by atoms with Crippen molar-refractivity contribution in [3.63, 3.8) is 0 Å². The van der Waals surface area contributed by atoms with E-state index < -0.39 is 8.15 Å². The maximum atomic E-state index is 6.49. The molecule has 23 heavy (non-hydrogen) atoms. The van der Waals surface area contributed by atoms with Crippen LogP contribution in [0, 0.1) is 27.7 Å². The van der Waals surface area contributed by atoms with E-state index in [1.54, 1.807) is 0 Å². The Bertz CT molecular complexity index is 582. The standard InChI is InChI=1S/C20H27OP.ClH/c1-14-8-15(2)11-18(10-14)22(21-20(5,6)7)19-12-16(3)9-17(4)13-19;/h8-13H,1-7H3;1H. The zero-order valence-corrected chi connectivity index (χ0v) is 16.9. The number of halogens is 1. The number of hydrogen-bond donors (Lipinski definition) is 0. The van der Waals surface area contributed by atoms with Gasteiger partial charge in [-0.25, -0.2) is 0 Å². The zero-order chi connectivity index (χ0) is 16.5. The maximum absolute atomic E-state index is 6.49. The van der Waals surface area contributed by atoms with E-state index in [1.807, 2.05) is 0 Å². The van der Waals surface area contributed by atoms with Gasteiger partial charge in [-0.15, -0.1) is 12.4 Å². The highest BCUT2D eigenvalue weighted by atomic mass is 35.5. The van der Waals surface area contributed by atoms with E-state index in [2.05, 4.69) is 84.9 Å². The smallest absolute Gasteiger partial charge is 0.0925 e. The predicted octanol–water partition coefficient (Wildman–Crippen LogP) is 5.50. The number of rotatable bonds is 3. The molecule has 3 heteroatoms. The lowest BCUT2D eigenvalue weighted by Gasteiger charge is -2.28. The maximum Gasteiger partial charge on any atom is 0.0925 e. The van der Waals surface area contributed by atoms with Crippen LogP contribution in [0.15, 0.2) is 36.4 Å². The number of hydrogen-bond acceptors (Lipinski definition) is 1.